The summed E-state index contributed by atoms with van der Waals surface area (Å²) in [5, 5.41) is 8.88. The van der Waals surface area contributed by atoms with Gasteiger partial charge in [0.25, 0.3) is 0 Å². The predicted molar refractivity (Wildman–Crippen MR) is 118 cm³/mol. The highest BCUT2D eigenvalue weighted by Gasteiger charge is 2.23. The first-order chi connectivity index (χ1) is 13.6. The van der Waals surface area contributed by atoms with E-state index in [1.54, 1.807) is 0 Å². The Morgan fingerprint density at radius 1 is 1.03 bits per heavy atom. The Balaban J connectivity index is 1.75. The summed E-state index contributed by atoms with van der Waals surface area (Å²) in [6, 6.07) is 8.24. The normalized spacial score (nSPS) is 11.8. The van der Waals surface area contributed by atoms with Crippen LogP contribution in [-0.4, -0.2) is 20.7 Å². The van der Waals surface area contributed by atoms with E-state index in [2.05, 4.69) is 64.2 Å². The lowest BCUT2D eigenvalue weighted by atomic mass is 9.99. The molecule has 0 aliphatic heterocycles. The fourth-order valence-electron chi connectivity index (χ4n) is 3.78. The minimum Gasteiger partial charge on any atom is -0.352 e. The smallest absolute Gasteiger partial charge is 0.220 e. The summed E-state index contributed by atoms with van der Waals surface area (Å²) in [5.74, 6) is 0.0616. The molecule has 0 unspecified atom stereocenters. The number of amides is 1. The quantitative estimate of drug-likeness (QED) is 0.686. The molecule has 29 heavy (non-hydrogen) atoms. The number of aryl methyl sites for hydroxylation is 4. The second-order valence-electron chi connectivity index (χ2n) is 8.93. The van der Waals surface area contributed by atoms with E-state index < -0.39 is 0 Å². The average Bonchev–Trinajstić information content (AvgIpc) is 2.97. The third kappa shape index (κ3) is 4.50. The molecule has 0 fully saturated rings. The number of fused-ring (bicyclic) bond motifs is 1. The molecule has 0 spiro atoms. The van der Waals surface area contributed by atoms with Gasteiger partial charge in [0.2, 0.25) is 5.91 Å². The molecule has 0 bridgehead atoms. The fraction of sp³-hybridized carbons (Fsp3) is 0.458. The van der Waals surface area contributed by atoms with Gasteiger partial charge in [-0.15, -0.1) is 0 Å². The number of rotatable bonds is 5. The molecule has 154 valence electrons. The summed E-state index contributed by atoms with van der Waals surface area (Å²) in [4.78, 5) is 17.3. The van der Waals surface area contributed by atoms with E-state index in [1.165, 1.54) is 11.1 Å². The van der Waals surface area contributed by atoms with Gasteiger partial charge in [-0.1, -0.05) is 29.8 Å². The highest BCUT2D eigenvalue weighted by Crippen LogP contribution is 2.29. The van der Waals surface area contributed by atoms with Crippen molar-refractivity contribution < 1.29 is 4.79 Å². The van der Waals surface area contributed by atoms with Gasteiger partial charge in [0.1, 0.15) is 0 Å². The Kier molecular flexibility index (Phi) is 5.78. The first-order valence-corrected chi connectivity index (χ1v) is 10.3. The number of nitrogens with one attached hydrogen (secondary N) is 1. The molecular weight excluding hydrogens is 360 g/mol. The van der Waals surface area contributed by atoms with E-state index in [0.29, 0.717) is 19.4 Å². The number of aromatic nitrogens is 3. The van der Waals surface area contributed by atoms with Crippen LogP contribution in [0.4, 0.5) is 0 Å². The van der Waals surface area contributed by atoms with Gasteiger partial charge in [-0.2, -0.15) is 5.10 Å². The SMILES string of the molecule is Cc1ccc(CNC(=O)CCc2c(C)nc3c(c(C)nn3C(C)(C)C)c2C)cc1. The van der Waals surface area contributed by atoms with E-state index >= 15 is 0 Å². The lowest BCUT2D eigenvalue weighted by Crippen LogP contribution is -2.24. The molecule has 2 heterocycles. The van der Waals surface area contributed by atoms with Crippen LogP contribution in [0.3, 0.4) is 0 Å². The van der Waals surface area contributed by atoms with Crippen molar-refractivity contribution in [1.82, 2.24) is 20.1 Å². The fourth-order valence-corrected chi connectivity index (χ4v) is 3.78. The van der Waals surface area contributed by atoms with E-state index in [0.717, 1.165) is 33.5 Å². The lowest BCUT2D eigenvalue weighted by Gasteiger charge is -2.20. The molecule has 1 amide bonds. The van der Waals surface area contributed by atoms with Crippen LogP contribution in [0.25, 0.3) is 11.0 Å². The summed E-state index contributed by atoms with van der Waals surface area (Å²) in [6.45, 7) is 15.2. The molecule has 0 saturated carbocycles. The zero-order chi connectivity index (χ0) is 21.3. The van der Waals surface area contributed by atoms with Crippen LogP contribution in [0, 0.1) is 27.7 Å². The highest BCUT2D eigenvalue weighted by atomic mass is 16.1. The Hall–Kier alpha value is -2.69. The van der Waals surface area contributed by atoms with Gasteiger partial charge >= 0.3 is 0 Å². The summed E-state index contributed by atoms with van der Waals surface area (Å²) in [7, 11) is 0. The molecule has 0 aliphatic rings. The molecule has 3 aromatic rings. The van der Waals surface area contributed by atoms with Crippen LogP contribution in [0.15, 0.2) is 24.3 Å². The van der Waals surface area contributed by atoms with Gasteiger partial charge < -0.3 is 5.32 Å². The van der Waals surface area contributed by atoms with E-state index in [1.807, 2.05) is 18.5 Å². The topological polar surface area (TPSA) is 59.8 Å². The van der Waals surface area contributed by atoms with Gasteiger partial charge in [-0.25, -0.2) is 9.67 Å². The molecule has 2 aromatic heterocycles. The number of benzene rings is 1. The van der Waals surface area contributed by atoms with Crippen molar-refractivity contribution in [3.8, 4) is 0 Å². The third-order valence-electron chi connectivity index (χ3n) is 5.42. The molecule has 5 heteroatoms. The van der Waals surface area contributed by atoms with Crippen LogP contribution < -0.4 is 5.32 Å². The van der Waals surface area contributed by atoms with Gasteiger partial charge in [0.05, 0.1) is 11.2 Å². The molecular formula is C24H32N4O. The van der Waals surface area contributed by atoms with Crippen LogP contribution in [-0.2, 0) is 23.3 Å². The predicted octanol–water partition coefficient (Wildman–Crippen LogP) is 4.67. The maximum absolute atomic E-state index is 12.4. The third-order valence-corrected chi connectivity index (χ3v) is 5.42. The van der Waals surface area contributed by atoms with Crippen LogP contribution in [0.1, 0.15) is 60.8 Å². The Labute approximate surface area is 173 Å². The second-order valence-corrected chi connectivity index (χ2v) is 8.93. The molecule has 0 aliphatic carbocycles. The van der Waals surface area contributed by atoms with Gasteiger partial charge in [0.15, 0.2) is 5.65 Å². The van der Waals surface area contributed by atoms with Gasteiger partial charge in [0, 0.05) is 24.0 Å². The first kappa shape index (κ1) is 21.0. The van der Waals surface area contributed by atoms with E-state index in [-0.39, 0.29) is 11.4 Å². The number of carbonyl (C=O) groups excluding carboxylic acids is 1. The zero-order valence-electron chi connectivity index (χ0n) is 18.7. The Morgan fingerprint density at radius 2 is 1.69 bits per heavy atom. The minimum atomic E-state index is -0.129. The standard InChI is InChI=1S/C24H32N4O/c1-15-8-10-19(11-9-15)14-25-21(29)13-12-20-16(2)22-18(4)27-28(24(5,6)7)23(22)26-17(20)3/h8-11H,12-14H2,1-7H3,(H,25,29). The molecule has 0 radical (unpaired) electrons. The van der Waals surface area contributed by atoms with Crippen LogP contribution in [0.2, 0.25) is 0 Å². The van der Waals surface area contributed by atoms with E-state index in [4.69, 9.17) is 10.1 Å². The van der Waals surface area contributed by atoms with Crippen molar-refractivity contribution in [2.24, 2.45) is 0 Å². The monoisotopic (exact) mass is 392 g/mol. The number of hydrogen-bond donors (Lipinski definition) is 1. The Morgan fingerprint density at radius 3 is 2.31 bits per heavy atom. The van der Waals surface area contributed by atoms with Gasteiger partial charge in [-0.05, 0) is 71.6 Å². The van der Waals surface area contributed by atoms with Crippen molar-refractivity contribution in [3.05, 3.63) is 57.9 Å². The number of carbonyl (C=O) groups is 1. The summed E-state index contributed by atoms with van der Waals surface area (Å²) >= 11 is 0. The van der Waals surface area contributed by atoms with Crippen molar-refractivity contribution in [2.45, 2.75) is 73.4 Å². The van der Waals surface area contributed by atoms with Crippen LogP contribution in [0.5, 0.6) is 0 Å². The van der Waals surface area contributed by atoms with Gasteiger partial charge in [-0.3, -0.25) is 4.79 Å². The summed E-state index contributed by atoms with van der Waals surface area (Å²) < 4.78 is 2.01. The molecule has 1 aromatic carbocycles. The van der Waals surface area contributed by atoms with Crippen molar-refractivity contribution in [3.63, 3.8) is 0 Å². The first-order valence-electron chi connectivity index (χ1n) is 10.3. The molecule has 3 rings (SSSR count). The molecule has 1 N–H and O–H groups in total. The van der Waals surface area contributed by atoms with E-state index in [9.17, 15) is 4.79 Å². The summed E-state index contributed by atoms with van der Waals surface area (Å²) in [5.41, 5.74) is 7.44. The number of nitrogens with zero attached hydrogens (tertiary/aromatic N) is 3. The maximum Gasteiger partial charge on any atom is 0.220 e. The zero-order valence-corrected chi connectivity index (χ0v) is 18.7. The van der Waals surface area contributed by atoms with Crippen molar-refractivity contribution in [1.29, 1.82) is 0 Å². The molecule has 0 saturated heterocycles. The van der Waals surface area contributed by atoms with Crippen molar-refractivity contribution >= 4 is 16.9 Å². The number of pyridine rings is 1. The van der Waals surface area contributed by atoms with Crippen LogP contribution >= 0.6 is 0 Å². The lowest BCUT2D eigenvalue weighted by molar-refractivity contribution is -0.121. The molecule has 5 nitrogen and oxygen atoms in total. The van der Waals surface area contributed by atoms with Crippen molar-refractivity contribution in [2.75, 3.05) is 0 Å². The second kappa shape index (κ2) is 7.97. The Bertz CT molecular complexity index is 1040. The molecule has 0 atom stereocenters. The highest BCUT2D eigenvalue weighted by molar-refractivity contribution is 5.84. The number of hydrogen-bond acceptors (Lipinski definition) is 3. The average molecular weight is 393 g/mol. The largest absolute Gasteiger partial charge is 0.352 e. The maximum atomic E-state index is 12.4. The summed E-state index contributed by atoms with van der Waals surface area (Å²) in [6.07, 6.45) is 1.13. The minimum absolute atomic E-state index is 0.0616.